The number of aromatic nitrogens is 2. The van der Waals surface area contributed by atoms with Crippen molar-refractivity contribution in [3.8, 4) is 5.69 Å². The molecule has 0 bridgehead atoms. The number of amides is 1. The molecule has 3 aromatic rings. The summed E-state index contributed by atoms with van der Waals surface area (Å²) in [4.78, 5) is 33.5. The molecule has 1 aromatic heterocycles. The Labute approximate surface area is 184 Å². The Hall–Kier alpha value is -2.95. The summed E-state index contributed by atoms with van der Waals surface area (Å²) in [5.41, 5.74) is 2.49. The van der Waals surface area contributed by atoms with Gasteiger partial charge in [-0.05, 0) is 49.9 Å². The van der Waals surface area contributed by atoms with Gasteiger partial charge in [0.25, 0.3) is 5.56 Å². The van der Waals surface area contributed by atoms with Gasteiger partial charge in [-0.1, -0.05) is 57.5 Å². The molecule has 3 rings (SSSR count). The van der Waals surface area contributed by atoms with Gasteiger partial charge in [0.15, 0.2) is 0 Å². The zero-order chi connectivity index (χ0) is 22.4. The number of hydrogen-bond acceptors (Lipinski definition) is 3. The molecule has 0 radical (unpaired) electrons. The van der Waals surface area contributed by atoms with E-state index in [4.69, 9.17) is 4.98 Å². The first-order valence-corrected chi connectivity index (χ1v) is 11.4. The van der Waals surface area contributed by atoms with Gasteiger partial charge in [-0.3, -0.25) is 14.2 Å². The van der Waals surface area contributed by atoms with Crippen LogP contribution in [0.5, 0.6) is 0 Å². The second kappa shape index (κ2) is 10.4. The quantitative estimate of drug-likeness (QED) is 0.464. The van der Waals surface area contributed by atoms with Gasteiger partial charge in [0.1, 0.15) is 5.82 Å². The highest BCUT2D eigenvalue weighted by molar-refractivity contribution is 5.79. The van der Waals surface area contributed by atoms with Crippen LogP contribution >= 0.6 is 0 Å². The molecule has 0 spiro atoms. The zero-order valence-corrected chi connectivity index (χ0v) is 19.1. The normalized spacial score (nSPS) is 12.1. The maximum Gasteiger partial charge on any atom is 0.266 e. The maximum absolute atomic E-state index is 13.7. The van der Waals surface area contributed by atoms with Crippen molar-refractivity contribution in [3.63, 3.8) is 0 Å². The number of nitrogens with zero attached hydrogens (tertiary/aromatic N) is 3. The Morgan fingerprint density at radius 1 is 1.03 bits per heavy atom. The molecule has 0 aliphatic carbocycles. The number of fused-ring (bicyclic) bond motifs is 1. The van der Waals surface area contributed by atoms with E-state index >= 15 is 0 Å². The highest BCUT2D eigenvalue weighted by atomic mass is 16.2. The largest absolute Gasteiger partial charge is 0.333 e. The predicted octanol–water partition coefficient (Wildman–Crippen LogP) is 5.44. The van der Waals surface area contributed by atoms with Gasteiger partial charge in [-0.25, -0.2) is 4.98 Å². The molecule has 0 saturated carbocycles. The zero-order valence-electron chi connectivity index (χ0n) is 19.1. The van der Waals surface area contributed by atoms with Crippen molar-refractivity contribution in [1.82, 2.24) is 14.5 Å². The van der Waals surface area contributed by atoms with E-state index in [-0.39, 0.29) is 17.5 Å². The summed E-state index contributed by atoms with van der Waals surface area (Å²) < 4.78 is 1.72. The lowest BCUT2D eigenvalue weighted by molar-refractivity contribution is -0.133. The summed E-state index contributed by atoms with van der Waals surface area (Å²) in [5, 5.41) is 0.587. The Balaban J connectivity index is 2.24. The Bertz CT molecular complexity index is 1100. The molecule has 1 heterocycles. The van der Waals surface area contributed by atoms with E-state index in [0.717, 1.165) is 36.9 Å². The SMILES string of the molecule is CCCCC(=O)N(CCC)C(C)c1nc2ccccc2c(=O)n1-c1ccccc1CC. The standard InChI is InChI=1S/C26H33N3O2/c1-5-8-17-24(30)28(18-6-2)19(4)25-27-22-15-11-10-14-21(22)26(31)29(25)23-16-12-9-13-20(23)7-3/h9-16,19H,5-8,17-18H2,1-4H3. The van der Waals surface area contributed by atoms with Crippen LogP contribution in [0.3, 0.4) is 0 Å². The van der Waals surface area contributed by atoms with E-state index in [1.54, 1.807) is 4.57 Å². The van der Waals surface area contributed by atoms with Crippen molar-refractivity contribution < 1.29 is 4.79 Å². The maximum atomic E-state index is 13.7. The van der Waals surface area contributed by atoms with E-state index in [0.29, 0.717) is 29.7 Å². The first-order valence-electron chi connectivity index (χ1n) is 11.4. The molecule has 2 aromatic carbocycles. The van der Waals surface area contributed by atoms with Crippen LogP contribution in [0.25, 0.3) is 16.6 Å². The molecule has 0 fully saturated rings. The summed E-state index contributed by atoms with van der Waals surface area (Å²) in [6.07, 6.45) is 4.01. The minimum Gasteiger partial charge on any atom is -0.333 e. The van der Waals surface area contributed by atoms with E-state index in [2.05, 4.69) is 20.8 Å². The van der Waals surface area contributed by atoms with Crippen molar-refractivity contribution in [2.24, 2.45) is 0 Å². The first-order chi connectivity index (χ1) is 15.0. The highest BCUT2D eigenvalue weighted by Gasteiger charge is 2.26. The molecule has 0 N–H and O–H groups in total. The van der Waals surface area contributed by atoms with Crippen molar-refractivity contribution >= 4 is 16.8 Å². The predicted molar refractivity (Wildman–Crippen MR) is 127 cm³/mol. The lowest BCUT2D eigenvalue weighted by Crippen LogP contribution is -2.38. The van der Waals surface area contributed by atoms with Crippen LogP contribution in [0.4, 0.5) is 0 Å². The van der Waals surface area contributed by atoms with Gasteiger partial charge in [-0.15, -0.1) is 0 Å². The minimum absolute atomic E-state index is 0.0918. The summed E-state index contributed by atoms with van der Waals surface area (Å²) >= 11 is 0. The lowest BCUT2D eigenvalue weighted by Gasteiger charge is -2.31. The van der Waals surface area contributed by atoms with Crippen molar-refractivity contribution in [1.29, 1.82) is 0 Å². The van der Waals surface area contributed by atoms with Crippen molar-refractivity contribution in [2.45, 2.75) is 65.8 Å². The fourth-order valence-corrected chi connectivity index (χ4v) is 4.08. The van der Waals surface area contributed by atoms with Gasteiger partial charge in [0.2, 0.25) is 5.91 Å². The monoisotopic (exact) mass is 419 g/mol. The average molecular weight is 420 g/mol. The number of rotatable bonds is 9. The van der Waals surface area contributed by atoms with Crippen LogP contribution in [0.15, 0.2) is 53.3 Å². The molecule has 164 valence electrons. The number of carbonyl (C=O) groups excluding carboxylic acids is 1. The van der Waals surface area contributed by atoms with Crippen molar-refractivity contribution in [2.75, 3.05) is 6.54 Å². The Morgan fingerprint density at radius 2 is 1.74 bits per heavy atom. The number of hydrogen-bond donors (Lipinski definition) is 0. The van der Waals surface area contributed by atoms with Gasteiger partial charge in [-0.2, -0.15) is 0 Å². The molecular weight excluding hydrogens is 386 g/mol. The van der Waals surface area contributed by atoms with Gasteiger partial charge in [0, 0.05) is 13.0 Å². The van der Waals surface area contributed by atoms with E-state index in [9.17, 15) is 9.59 Å². The molecule has 1 atom stereocenters. The van der Waals surface area contributed by atoms with E-state index < -0.39 is 0 Å². The minimum atomic E-state index is -0.313. The molecule has 1 amide bonds. The molecule has 0 aliphatic rings. The van der Waals surface area contributed by atoms with E-state index in [1.807, 2.05) is 60.4 Å². The molecule has 1 unspecified atom stereocenters. The molecule has 0 aliphatic heterocycles. The average Bonchev–Trinajstić information content (AvgIpc) is 2.80. The van der Waals surface area contributed by atoms with E-state index in [1.165, 1.54) is 0 Å². The summed E-state index contributed by atoms with van der Waals surface area (Å²) in [5.74, 6) is 0.733. The number of aryl methyl sites for hydroxylation is 1. The molecule has 31 heavy (non-hydrogen) atoms. The van der Waals surface area contributed by atoms with Gasteiger partial charge in [0.05, 0.1) is 22.6 Å². The third kappa shape index (κ3) is 4.71. The molecule has 5 heteroatoms. The smallest absolute Gasteiger partial charge is 0.266 e. The second-order valence-corrected chi connectivity index (χ2v) is 7.98. The van der Waals surface area contributed by atoms with Crippen LogP contribution < -0.4 is 5.56 Å². The van der Waals surface area contributed by atoms with Gasteiger partial charge < -0.3 is 4.90 Å². The second-order valence-electron chi connectivity index (χ2n) is 7.98. The first kappa shape index (κ1) is 22.7. The van der Waals surface area contributed by atoms with Crippen LogP contribution in [-0.2, 0) is 11.2 Å². The number of unbranched alkanes of at least 4 members (excludes halogenated alkanes) is 1. The summed E-state index contributed by atoms with van der Waals surface area (Å²) in [6.45, 7) is 8.87. The molecular formula is C26H33N3O2. The Morgan fingerprint density at radius 3 is 2.45 bits per heavy atom. The third-order valence-corrected chi connectivity index (χ3v) is 5.79. The van der Waals surface area contributed by atoms with Gasteiger partial charge >= 0.3 is 0 Å². The van der Waals surface area contributed by atoms with Crippen LogP contribution in [0.1, 0.15) is 70.8 Å². The van der Waals surface area contributed by atoms with Crippen LogP contribution in [-0.4, -0.2) is 26.9 Å². The Kier molecular flexibility index (Phi) is 7.61. The third-order valence-electron chi connectivity index (χ3n) is 5.79. The summed E-state index contributed by atoms with van der Waals surface area (Å²) in [7, 11) is 0. The lowest BCUT2D eigenvalue weighted by atomic mass is 10.1. The fourth-order valence-electron chi connectivity index (χ4n) is 4.08. The number of benzene rings is 2. The number of para-hydroxylation sites is 2. The molecule has 0 saturated heterocycles. The van der Waals surface area contributed by atoms with Crippen molar-refractivity contribution in [3.05, 3.63) is 70.3 Å². The highest BCUT2D eigenvalue weighted by Crippen LogP contribution is 2.25. The molecule has 5 nitrogen and oxygen atoms in total. The fraction of sp³-hybridized carbons (Fsp3) is 0.423. The van der Waals surface area contributed by atoms with Crippen LogP contribution in [0.2, 0.25) is 0 Å². The topological polar surface area (TPSA) is 55.2 Å². The van der Waals surface area contributed by atoms with Crippen LogP contribution in [0, 0.1) is 0 Å². The summed E-state index contributed by atoms with van der Waals surface area (Å²) in [6, 6.07) is 15.1. The number of carbonyl (C=O) groups is 1.